The van der Waals surface area contributed by atoms with E-state index in [0.717, 1.165) is 47.8 Å². The highest BCUT2D eigenvalue weighted by atomic mass is 19.1. The summed E-state index contributed by atoms with van der Waals surface area (Å²) in [6, 6.07) is 12.6. The highest BCUT2D eigenvalue weighted by Gasteiger charge is 2.24. The molecule has 2 heterocycles. The van der Waals surface area contributed by atoms with Crippen LogP contribution in [0.25, 0.3) is 5.57 Å². The molecule has 0 bridgehead atoms. The van der Waals surface area contributed by atoms with Gasteiger partial charge in [0.25, 0.3) is 0 Å². The van der Waals surface area contributed by atoms with Gasteiger partial charge in [0.15, 0.2) is 0 Å². The maximum absolute atomic E-state index is 13.4. The Morgan fingerprint density at radius 1 is 1.08 bits per heavy atom. The molecule has 0 radical (unpaired) electrons. The average molecular weight is 339 g/mol. The Morgan fingerprint density at radius 2 is 1.84 bits per heavy atom. The molecule has 0 aromatic heterocycles. The molecule has 2 aromatic carbocycles. The molecule has 2 aromatic rings. The summed E-state index contributed by atoms with van der Waals surface area (Å²) in [4.78, 5) is 2.47. The van der Waals surface area contributed by atoms with E-state index in [4.69, 9.17) is 9.47 Å². The first-order chi connectivity index (χ1) is 12.2. The van der Waals surface area contributed by atoms with Crippen molar-refractivity contribution in [2.24, 2.45) is 0 Å². The molecular weight excluding hydrogens is 317 g/mol. The molecule has 2 aliphatic heterocycles. The Kier molecular flexibility index (Phi) is 4.45. The monoisotopic (exact) mass is 339 g/mol. The molecule has 0 saturated carbocycles. The van der Waals surface area contributed by atoms with Crippen molar-refractivity contribution in [2.75, 3.05) is 33.4 Å². The largest absolute Gasteiger partial charge is 0.497 e. The molecule has 4 rings (SSSR count). The standard InChI is InChI=1S/C21H22FNO2/c1-24-18-8-9-20-19(12-18)21(15-4-6-17(22)7-5-15)16(14-25-20)13-23-10-2-3-11-23/h4-9,12H,2-3,10-11,13-14H2,1H3. The fourth-order valence-electron chi connectivity index (χ4n) is 3.70. The molecule has 3 nitrogen and oxygen atoms in total. The van der Waals surface area contributed by atoms with E-state index in [1.807, 2.05) is 30.3 Å². The van der Waals surface area contributed by atoms with E-state index in [1.165, 1.54) is 30.5 Å². The van der Waals surface area contributed by atoms with E-state index in [0.29, 0.717) is 6.61 Å². The molecule has 0 amide bonds. The van der Waals surface area contributed by atoms with E-state index in [1.54, 1.807) is 7.11 Å². The molecule has 0 N–H and O–H groups in total. The second-order valence-corrected chi connectivity index (χ2v) is 6.62. The molecule has 4 heteroatoms. The van der Waals surface area contributed by atoms with Gasteiger partial charge in [0, 0.05) is 12.1 Å². The lowest BCUT2D eigenvalue weighted by Crippen LogP contribution is -2.26. The van der Waals surface area contributed by atoms with Gasteiger partial charge in [-0.1, -0.05) is 12.1 Å². The van der Waals surface area contributed by atoms with Gasteiger partial charge >= 0.3 is 0 Å². The van der Waals surface area contributed by atoms with Crippen molar-refractivity contribution in [1.29, 1.82) is 0 Å². The summed E-state index contributed by atoms with van der Waals surface area (Å²) in [5, 5.41) is 0. The Balaban J connectivity index is 1.82. The van der Waals surface area contributed by atoms with Crippen molar-refractivity contribution in [2.45, 2.75) is 12.8 Å². The molecule has 0 unspecified atom stereocenters. The number of hydrogen-bond acceptors (Lipinski definition) is 3. The molecule has 1 fully saturated rings. The first-order valence-corrected chi connectivity index (χ1v) is 8.76. The number of fused-ring (bicyclic) bond motifs is 1. The topological polar surface area (TPSA) is 21.7 Å². The Bertz CT molecular complexity index is 792. The van der Waals surface area contributed by atoms with Crippen molar-refractivity contribution >= 4 is 5.57 Å². The molecule has 25 heavy (non-hydrogen) atoms. The van der Waals surface area contributed by atoms with E-state index in [-0.39, 0.29) is 5.82 Å². The minimum absolute atomic E-state index is 0.219. The zero-order valence-electron chi connectivity index (χ0n) is 14.4. The molecule has 0 spiro atoms. The van der Waals surface area contributed by atoms with Crippen molar-refractivity contribution in [3.63, 3.8) is 0 Å². The Labute approximate surface area is 147 Å². The number of benzene rings is 2. The second-order valence-electron chi connectivity index (χ2n) is 6.62. The van der Waals surface area contributed by atoms with Crippen LogP contribution in [0.5, 0.6) is 11.5 Å². The quantitative estimate of drug-likeness (QED) is 0.836. The Hall–Kier alpha value is -2.33. The van der Waals surface area contributed by atoms with Crippen LogP contribution in [0.2, 0.25) is 0 Å². The van der Waals surface area contributed by atoms with Crippen molar-refractivity contribution < 1.29 is 13.9 Å². The molecule has 2 aliphatic rings. The number of halogens is 1. The fraction of sp³-hybridized carbons (Fsp3) is 0.333. The number of likely N-dealkylation sites (tertiary alicyclic amines) is 1. The lowest BCUT2D eigenvalue weighted by molar-refractivity contribution is 0.308. The lowest BCUT2D eigenvalue weighted by Gasteiger charge is -2.27. The molecule has 0 aliphatic carbocycles. The predicted molar refractivity (Wildman–Crippen MR) is 96.6 cm³/mol. The van der Waals surface area contributed by atoms with Crippen molar-refractivity contribution in [3.8, 4) is 11.5 Å². The number of nitrogens with zero attached hydrogens (tertiary/aromatic N) is 1. The van der Waals surface area contributed by atoms with Gasteiger partial charge in [0.1, 0.15) is 23.9 Å². The third kappa shape index (κ3) is 3.27. The number of hydrogen-bond donors (Lipinski definition) is 0. The maximum Gasteiger partial charge on any atom is 0.127 e. The predicted octanol–water partition coefficient (Wildman–Crippen LogP) is 4.12. The summed E-state index contributed by atoms with van der Waals surface area (Å²) >= 11 is 0. The van der Waals surface area contributed by atoms with Crippen LogP contribution in [0.3, 0.4) is 0 Å². The molecule has 130 valence electrons. The highest BCUT2D eigenvalue weighted by molar-refractivity contribution is 5.87. The van der Waals surface area contributed by atoms with Crippen LogP contribution in [0.1, 0.15) is 24.0 Å². The first-order valence-electron chi connectivity index (χ1n) is 8.76. The maximum atomic E-state index is 13.4. The van der Waals surface area contributed by atoms with E-state index < -0.39 is 0 Å². The smallest absolute Gasteiger partial charge is 0.127 e. The minimum atomic E-state index is -0.219. The lowest BCUT2D eigenvalue weighted by atomic mass is 9.90. The molecule has 0 atom stereocenters. The van der Waals surface area contributed by atoms with Crippen LogP contribution in [0, 0.1) is 5.82 Å². The number of rotatable bonds is 4. The normalized spacial score (nSPS) is 17.4. The van der Waals surface area contributed by atoms with Gasteiger partial charge in [-0.3, -0.25) is 4.90 Å². The van der Waals surface area contributed by atoms with Gasteiger partial charge in [-0.25, -0.2) is 4.39 Å². The summed E-state index contributed by atoms with van der Waals surface area (Å²) in [6.45, 7) is 3.72. The highest BCUT2D eigenvalue weighted by Crippen LogP contribution is 2.39. The summed E-state index contributed by atoms with van der Waals surface area (Å²) in [5.41, 5.74) is 4.43. The van der Waals surface area contributed by atoms with Crippen molar-refractivity contribution in [1.82, 2.24) is 4.90 Å². The SMILES string of the molecule is COc1ccc2c(c1)C(c1ccc(F)cc1)=C(CN1CCCC1)CO2. The third-order valence-corrected chi connectivity index (χ3v) is 4.96. The summed E-state index contributed by atoms with van der Waals surface area (Å²) in [7, 11) is 1.66. The van der Waals surface area contributed by atoms with Crippen LogP contribution in [0.15, 0.2) is 48.0 Å². The van der Waals surface area contributed by atoms with E-state index in [9.17, 15) is 4.39 Å². The Morgan fingerprint density at radius 3 is 2.56 bits per heavy atom. The average Bonchev–Trinajstić information content (AvgIpc) is 3.15. The van der Waals surface area contributed by atoms with E-state index in [2.05, 4.69) is 4.90 Å². The van der Waals surface area contributed by atoms with Crippen molar-refractivity contribution in [3.05, 3.63) is 65.0 Å². The zero-order chi connectivity index (χ0) is 17.2. The van der Waals surface area contributed by atoms with Gasteiger partial charge in [-0.2, -0.15) is 0 Å². The van der Waals surface area contributed by atoms with Gasteiger partial charge in [-0.15, -0.1) is 0 Å². The number of ether oxygens (including phenoxy) is 2. The summed E-state index contributed by atoms with van der Waals surface area (Å²) < 4.78 is 24.8. The van der Waals surface area contributed by atoms with Gasteiger partial charge < -0.3 is 9.47 Å². The number of methoxy groups -OCH3 is 1. The minimum Gasteiger partial charge on any atom is -0.497 e. The fourth-order valence-corrected chi connectivity index (χ4v) is 3.70. The van der Waals surface area contributed by atoms with Crippen LogP contribution in [-0.2, 0) is 0 Å². The van der Waals surface area contributed by atoms with E-state index >= 15 is 0 Å². The van der Waals surface area contributed by atoms with Gasteiger partial charge in [0.2, 0.25) is 0 Å². The summed E-state index contributed by atoms with van der Waals surface area (Å²) in [6.07, 6.45) is 2.51. The second kappa shape index (κ2) is 6.89. The van der Waals surface area contributed by atoms with Crippen LogP contribution >= 0.6 is 0 Å². The zero-order valence-corrected chi connectivity index (χ0v) is 14.4. The van der Waals surface area contributed by atoms with Gasteiger partial charge in [0.05, 0.1) is 7.11 Å². The molecule has 1 saturated heterocycles. The molecular formula is C21H22FNO2. The van der Waals surface area contributed by atoms with Crippen LogP contribution in [0.4, 0.5) is 4.39 Å². The first kappa shape index (κ1) is 16.2. The van der Waals surface area contributed by atoms with Crippen LogP contribution in [-0.4, -0.2) is 38.3 Å². The van der Waals surface area contributed by atoms with Gasteiger partial charge in [-0.05, 0) is 73.0 Å². The summed E-state index contributed by atoms with van der Waals surface area (Å²) in [5.74, 6) is 1.43. The third-order valence-electron chi connectivity index (χ3n) is 4.96. The van der Waals surface area contributed by atoms with Crippen LogP contribution < -0.4 is 9.47 Å².